The lowest BCUT2D eigenvalue weighted by Gasteiger charge is -2.20. The van der Waals surface area contributed by atoms with Crippen molar-refractivity contribution >= 4 is 39.8 Å². The maximum Gasteiger partial charge on any atom is 0.340 e. The molecule has 0 bridgehead atoms. The van der Waals surface area contributed by atoms with E-state index in [4.69, 9.17) is 20.8 Å². The molecule has 3 aromatic heterocycles. The monoisotopic (exact) mass is 507 g/mol. The third kappa shape index (κ3) is 4.93. The molecule has 1 aliphatic carbocycles. The number of anilines is 1. The molecule has 1 aliphatic rings. The van der Waals surface area contributed by atoms with Crippen LogP contribution in [-0.4, -0.2) is 41.9 Å². The van der Waals surface area contributed by atoms with E-state index in [-0.39, 0.29) is 29.0 Å². The van der Waals surface area contributed by atoms with Gasteiger partial charge in [-0.2, -0.15) is 8.42 Å². The Balaban J connectivity index is 1.70. The van der Waals surface area contributed by atoms with Gasteiger partial charge in [-0.05, 0) is 30.2 Å². The molecule has 2 unspecified atom stereocenters. The van der Waals surface area contributed by atoms with Crippen molar-refractivity contribution < 1.29 is 22.0 Å². The lowest BCUT2D eigenvalue weighted by molar-refractivity contribution is 0.247. The van der Waals surface area contributed by atoms with Crippen LogP contribution in [0, 0.1) is 12.7 Å². The van der Waals surface area contributed by atoms with Gasteiger partial charge in [0.1, 0.15) is 11.5 Å². The molecule has 2 N–H and O–H groups in total. The summed E-state index contributed by atoms with van der Waals surface area (Å²) in [6, 6.07) is 3.12. The summed E-state index contributed by atoms with van der Waals surface area (Å²) in [5.74, 6) is -1.39. The van der Waals surface area contributed by atoms with Crippen LogP contribution in [0.1, 0.15) is 16.7 Å². The molecule has 0 saturated heterocycles. The van der Waals surface area contributed by atoms with Crippen molar-refractivity contribution in [3.05, 3.63) is 74.3 Å². The Labute approximate surface area is 198 Å². The first kappa shape index (κ1) is 23.8. The number of hydrogen-bond acceptors (Lipinski definition) is 8. The summed E-state index contributed by atoms with van der Waals surface area (Å²) in [5.41, 5.74) is 0.407. The molecule has 2 atom stereocenters. The third-order valence-corrected chi connectivity index (χ3v) is 6.52. The summed E-state index contributed by atoms with van der Waals surface area (Å²) in [4.78, 5) is 24.5. The van der Waals surface area contributed by atoms with E-state index in [2.05, 4.69) is 15.0 Å². The number of ether oxygens (including phenoxy) is 1. The maximum absolute atomic E-state index is 14.9. The van der Waals surface area contributed by atoms with Crippen LogP contribution in [0.15, 0.2) is 39.9 Å². The van der Waals surface area contributed by atoms with Gasteiger partial charge in [-0.1, -0.05) is 6.08 Å². The fraction of sp³-hybridized carbons (Fsp3) is 0.238. The topological polar surface area (TPSA) is 136 Å². The highest BCUT2D eigenvalue weighted by molar-refractivity contribution is 7.90. The molecule has 4 rings (SSSR count). The van der Waals surface area contributed by atoms with Gasteiger partial charge >= 0.3 is 11.6 Å². The van der Waals surface area contributed by atoms with Crippen LogP contribution in [0.3, 0.4) is 0 Å². The maximum atomic E-state index is 14.9. The average molecular weight is 508 g/mol. The van der Waals surface area contributed by atoms with Crippen molar-refractivity contribution in [2.24, 2.45) is 0 Å². The second-order valence-corrected chi connectivity index (χ2v) is 9.40. The van der Waals surface area contributed by atoms with Crippen molar-refractivity contribution in [3.63, 3.8) is 0 Å². The lowest BCUT2D eigenvalue weighted by atomic mass is 9.99. The molecule has 0 aromatic carbocycles. The van der Waals surface area contributed by atoms with Gasteiger partial charge in [0.25, 0.3) is 10.2 Å². The molecule has 0 spiro atoms. The van der Waals surface area contributed by atoms with Gasteiger partial charge in [0, 0.05) is 48.9 Å². The second-order valence-electron chi connectivity index (χ2n) is 7.28. The average Bonchev–Trinajstić information content (AvgIpc) is 2.81. The molecule has 0 aliphatic heterocycles. The molecule has 3 heterocycles. The number of alkyl halides is 1. The Kier molecular flexibility index (Phi) is 6.64. The zero-order valence-corrected chi connectivity index (χ0v) is 19.5. The van der Waals surface area contributed by atoms with Gasteiger partial charge in [0.05, 0.1) is 5.38 Å². The van der Waals surface area contributed by atoms with E-state index in [0.717, 1.165) is 0 Å². The minimum Gasteiger partial charge on any atom is -0.454 e. The van der Waals surface area contributed by atoms with E-state index in [1.165, 1.54) is 31.7 Å². The van der Waals surface area contributed by atoms with E-state index in [1.807, 2.05) is 9.44 Å². The normalized spacial score (nSPS) is 17.3. The summed E-state index contributed by atoms with van der Waals surface area (Å²) in [6.07, 6.45) is 6.71. The lowest BCUT2D eigenvalue weighted by Crippen LogP contribution is -2.43. The van der Waals surface area contributed by atoms with Crippen molar-refractivity contribution in [3.8, 4) is 6.01 Å². The van der Waals surface area contributed by atoms with Crippen LogP contribution in [0.5, 0.6) is 6.01 Å². The van der Waals surface area contributed by atoms with Crippen molar-refractivity contribution in [1.82, 2.24) is 19.7 Å². The summed E-state index contributed by atoms with van der Waals surface area (Å²) in [6.45, 7) is 1.70. The van der Waals surface area contributed by atoms with Gasteiger partial charge in [-0.25, -0.2) is 28.9 Å². The van der Waals surface area contributed by atoms with Crippen LogP contribution < -0.4 is 30.4 Å². The van der Waals surface area contributed by atoms with Crippen LogP contribution in [0.25, 0.3) is 12.2 Å². The Morgan fingerprint density at radius 2 is 1.94 bits per heavy atom. The summed E-state index contributed by atoms with van der Waals surface area (Å²) in [5, 5.41) is -0.0372. The predicted molar refractivity (Wildman–Crippen MR) is 123 cm³/mol. The van der Waals surface area contributed by atoms with Gasteiger partial charge < -0.3 is 9.15 Å². The summed E-state index contributed by atoms with van der Waals surface area (Å²) in [7, 11) is -2.80. The van der Waals surface area contributed by atoms with E-state index >= 15 is 0 Å². The number of nitrogens with zero attached hydrogens (tertiary/aromatic N) is 3. The Morgan fingerprint density at radius 3 is 2.65 bits per heavy atom. The smallest absolute Gasteiger partial charge is 0.340 e. The minimum atomic E-state index is -3.97. The Morgan fingerprint density at radius 1 is 1.21 bits per heavy atom. The fourth-order valence-electron chi connectivity index (χ4n) is 3.37. The molecule has 10 nitrogen and oxygen atoms in total. The van der Waals surface area contributed by atoms with Crippen molar-refractivity contribution in [2.45, 2.75) is 24.8 Å². The zero-order chi connectivity index (χ0) is 24.5. The van der Waals surface area contributed by atoms with Crippen LogP contribution in [-0.2, 0) is 16.6 Å². The Bertz CT molecular complexity index is 1510. The number of fused-ring (bicyclic) bond motifs is 1. The minimum absolute atomic E-state index is 0.0591. The number of aromatic nitrogens is 3. The number of pyridine rings is 1. The highest BCUT2D eigenvalue weighted by Crippen LogP contribution is 2.20. The number of nitrogens with one attached hydrogen (secondary N) is 2. The van der Waals surface area contributed by atoms with Crippen LogP contribution >= 0.6 is 11.6 Å². The molecular weight excluding hydrogens is 489 g/mol. The summed E-state index contributed by atoms with van der Waals surface area (Å²) < 4.78 is 53.5. The van der Waals surface area contributed by atoms with Gasteiger partial charge in [0.15, 0.2) is 11.6 Å². The molecule has 178 valence electrons. The highest BCUT2D eigenvalue weighted by atomic mass is 35.5. The number of hydrogen-bond donors (Lipinski definition) is 2. The SMILES string of the molecule is CNS(=O)(=O)Nc1nccc(Cc2c(C)c3c(oc2=O)=CC(Oc2ncccn2)C(Cl)C=3)c1F. The molecule has 0 amide bonds. The van der Waals surface area contributed by atoms with E-state index in [0.29, 0.717) is 10.8 Å². The third-order valence-electron chi connectivity index (χ3n) is 5.15. The molecule has 0 fully saturated rings. The van der Waals surface area contributed by atoms with E-state index in [9.17, 15) is 17.6 Å². The zero-order valence-electron chi connectivity index (χ0n) is 18.0. The van der Waals surface area contributed by atoms with Gasteiger partial charge in [-0.15, -0.1) is 11.6 Å². The van der Waals surface area contributed by atoms with E-state index in [1.54, 1.807) is 25.1 Å². The Hall–Kier alpha value is -3.35. The molecular formula is C21H19ClFN5O5S. The standard InChI is InChI=1S/C21H19ClFN5O5S/c1-11-13-9-15(22)17(33-21-26-5-3-6-27-21)10-16(13)32-20(29)14(11)8-12-4-7-25-19(18(12)23)28-34(30,31)24-2/h3-7,9-10,15,17,24H,8H2,1-2H3,(H,25,28). The molecule has 0 saturated carbocycles. The predicted octanol–water partition coefficient (Wildman–Crippen LogP) is 0.369. The first-order valence-corrected chi connectivity index (χ1v) is 11.9. The summed E-state index contributed by atoms with van der Waals surface area (Å²) >= 11 is 6.48. The van der Waals surface area contributed by atoms with Crippen LogP contribution in [0.4, 0.5) is 10.2 Å². The first-order valence-electron chi connectivity index (χ1n) is 9.97. The fourth-order valence-corrected chi connectivity index (χ4v) is 4.12. The van der Waals surface area contributed by atoms with Gasteiger partial charge in [0.2, 0.25) is 0 Å². The highest BCUT2D eigenvalue weighted by Gasteiger charge is 2.24. The quantitative estimate of drug-likeness (QED) is 0.438. The molecule has 0 radical (unpaired) electrons. The molecule has 13 heteroatoms. The van der Waals surface area contributed by atoms with Crippen molar-refractivity contribution in [2.75, 3.05) is 11.8 Å². The van der Waals surface area contributed by atoms with E-state index < -0.39 is 39.0 Å². The van der Waals surface area contributed by atoms with Crippen LogP contribution in [0.2, 0.25) is 0 Å². The number of halogens is 2. The number of rotatable bonds is 7. The first-order chi connectivity index (χ1) is 16.2. The molecule has 34 heavy (non-hydrogen) atoms. The second kappa shape index (κ2) is 9.49. The van der Waals surface area contributed by atoms with Gasteiger partial charge in [-0.3, -0.25) is 4.72 Å². The van der Waals surface area contributed by atoms with Crippen molar-refractivity contribution in [1.29, 1.82) is 0 Å². The molecule has 3 aromatic rings. The largest absolute Gasteiger partial charge is 0.454 e.